The van der Waals surface area contributed by atoms with Crippen molar-refractivity contribution in [1.82, 2.24) is 19.8 Å². The summed E-state index contributed by atoms with van der Waals surface area (Å²) in [5.74, 6) is 2.06. The highest BCUT2D eigenvalue weighted by molar-refractivity contribution is 5.85. The van der Waals surface area contributed by atoms with E-state index >= 15 is 0 Å². The lowest BCUT2D eigenvalue weighted by atomic mass is 9.60. The number of ether oxygens (including phenoxy) is 2. The molecule has 5 heterocycles. The fourth-order valence-electron chi connectivity index (χ4n) is 7.31. The average molecular weight is 578 g/mol. The van der Waals surface area contributed by atoms with Crippen LogP contribution in [0.4, 0.5) is 5.69 Å². The lowest BCUT2D eigenvalue weighted by molar-refractivity contribution is -0.0380. The standard InChI is InChI=1S/C34H35N5O4/c1-41-31-12-23(13-32-29(31)5-11-42-32)19-37-7-9-38(10-8-37)27-16-34(17-27)21-39(22-34)26-3-2-25(20-40)30(15-26)43-28-14-24-4-6-35-33(24)36-18-28/h2-6,11-15,18,20,27H,7-10,16-17,19,21-22H2,1H3,(H,35,36). The zero-order valence-electron chi connectivity index (χ0n) is 24.3. The highest BCUT2D eigenvalue weighted by Gasteiger charge is 2.54. The van der Waals surface area contributed by atoms with E-state index in [0.717, 1.165) is 85.5 Å². The molecule has 3 fully saturated rings. The summed E-state index contributed by atoms with van der Waals surface area (Å²) in [6.07, 6.45) is 8.63. The molecule has 9 nitrogen and oxygen atoms in total. The Kier molecular flexibility index (Phi) is 6.38. The molecule has 2 aliphatic heterocycles. The number of aromatic nitrogens is 2. The van der Waals surface area contributed by atoms with Crippen molar-refractivity contribution in [3.8, 4) is 17.2 Å². The second-order valence-electron chi connectivity index (χ2n) is 12.4. The van der Waals surface area contributed by atoms with Crippen molar-refractivity contribution >= 4 is 34.0 Å². The van der Waals surface area contributed by atoms with Crippen molar-refractivity contribution in [2.75, 3.05) is 51.3 Å². The quantitative estimate of drug-likeness (QED) is 0.235. The fourth-order valence-corrected chi connectivity index (χ4v) is 7.31. The molecule has 0 atom stereocenters. The van der Waals surface area contributed by atoms with Crippen LogP contribution >= 0.6 is 0 Å². The summed E-state index contributed by atoms with van der Waals surface area (Å²) >= 11 is 0. The van der Waals surface area contributed by atoms with Crippen molar-refractivity contribution in [3.05, 3.63) is 78.3 Å². The molecule has 0 radical (unpaired) electrons. The van der Waals surface area contributed by atoms with E-state index in [4.69, 9.17) is 13.9 Å². The topological polar surface area (TPSA) is 87.1 Å². The number of pyridine rings is 1. The first-order valence-corrected chi connectivity index (χ1v) is 15.0. The van der Waals surface area contributed by atoms with Crippen LogP contribution in [0.25, 0.3) is 22.0 Å². The molecule has 1 saturated carbocycles. The normalized spacial score (nSPS) is 19.0. The number of furan rings is 1. The van der Waals surface area contributed by atoms with Crippen LogP contribution in [0.1, 0.15) is 28.8 Å². The van der Waals surface area contributed by atoms with E-state index < -0.39 is 0 Å². The smallest absolute Gasteiger partial charge is 0.153 e. The first kappa shape index (κ1) is 26.3. The van der Waals surface area contributed by atoms with Gasteiger partial charge in [-0.1, -0.05) is 0 Å². The van der Waals surface area contributed by atoms with Gasteiger partial charge in [-0.15, -0.1) is 0 Å². The van der Waals surface area contributed by atoms with E-state index in [9.17, 15) is 4.79 Å². The number of H-pyrrole nitrogens is 1. The molecule has 220 valence electrons. The lowest BCUT2D eigenvalue weighted by Gasteiger charge is -2.62. The van der Waals surface area contributed by atoms with Gasteiger partial charge in [-0.25, -0.2) is 4.98 Å². The molecule has 8 rings (SSSR count). The van der Waals surface area contributed by atoms with Gasteiger partial charge in [-0.05, 0) is 60.9 Å². The molecule has 43 heavy (non-hydrogen) atoms. The Morgan fingerprint density at radius 2 is 1.91 bits per heavy atom. The van der Waals surface area contributed by atoms with Crippen LogP contribution in [0, 0.1) is 5.41 Å². The predicted octanol–water partition coefficient (Wildman–Crippen LogP) is 5.71. The lowest BCUT2D eigenvalue weighted by Crippen LogP contribution is -2.68. The van der Waals surface area contributed by atoms with E-state index in [0.29, 0.717) is 28.5 Å². The van der Waals surface area contributed by atoms with E-state index in [1.165, 1.54) is 18.4 Å². The monoisotopic (exact) mass is 577 g/mol. The zero-order valence-corrected chi connectivity index (χ0v) is 24.3. The number of anilines is 1. The molecular weight excluding hydrogens is 542 g/mol. The second kappa shape index (κ2) is 10.4. The Morgan fingerprint density at radius 3 is 2.72 bits per heavy atom. The van der Waals surface area contributed by atoms with E-state index in [-0.39, 0.29) is 0 Å². The van der Waals surface area contributed by atoms with Gasteiger partial charge in [-0.3, -0.25) is 14.6 Å². The summed E-state index contributed by atoms with van der Waals surface area (Å²) in [4.78, 5) is 26.9. The third kappa shape index (κ3) is 4.82. The van der Waals surface area contributed by atoms with Crippen LogP contribution in [0.3, 0.4) is 0 Å². The molecule has 5 aromatic rings. The molecule has 0 bridgehead atoms. The van der Waals surface area contributed by atoms with Gasteiger partial charge in [0, 0.05) is 80.6 Å². The Labute approximate surface area is 250 Å². The summed E-state index contributed by atoms with van der Waals surface area (Å²) in [6.45, 7) is 7.40. The maximum absolute atomic E-state index is 11.7. The van der Waals surface area contributed by atoms with Crippen LogP contribution in [-0.2, 0) is 6.54 Å². The van der Waals surface area contributed by atoms with Gasteiger partial charge in [0.25, 0.3) is 0 Å². The maximum Gasteiger partial charge on any atom is 0.153 e. The van der Waals surface area contributed by atoms with Gasteiger partial charge >= 0.3 is 0 Å². The number of aromatic amines is 1. The van der Waals surface area contributed by atoms with Gasteiger partial charge in [0.2, 0.25) is 0 Å². The number of benzene rings is 2. The van der Waals surface area contributed by atoms with E-state index in [1.54, 1.807) is 19.6 Å². The number of hydrogen-bond donors (Lipinski definition) is 1. The molecular formula is C34H35N5O4. The molecule has 2 aromatic carbocycles. The number of nitrogens with one attached hydrogen (secondary N) is 1. The largest absolute Gasteiger partial charge is 0.496 e. The first-order valence-electron chi connectivity index (χ1n) is 15.0. The van der Waals surface area contributed by atoms with Gasteiger partial charge in [0.15, 0.2) is 6.29 Å². The fraction of sp³-hybridized carbons (Fsp3) is 0.353. The Morgan fingerprint density at radius 1 is 1.05 bits per heavy atom. The number of rotatable bonds is 8. The number of carbonyl (C=O) groups is 1. The summed E-state index contributed by atoms with van der Waals surface area (Å²) in [5, 5.41) is 2.00. The second-order valence-corrected chi connectivity index (χ2v) is 12.4. The highest BCUT2D eigenvalue weighted by Crippen LogP contribution is 2.52. The van der Waals surface area contributed by atoms with Gasteiger partial charge < -0.3 is 23.8 Å². The van der Waals surface area contributed by atoms with Gasteiger partial charge in [0.1, 0.15) is 28.5 Å². The molecule has 0 amide bonds. The average Bonchev–Trinajstić information content (AvgIpc) is 3.66. The van der Waals surface area contributed by atoms with E-state index in [1.807, 2.05) is 42.6 Å². The molecule has 1 aliphatic carbocycles. The zero-order chi connectivity index (χ0) is 29.0. The van der Waals surface area contributed by atoms with Crippen molar-refractivity contribution < 1.29 is 18.7 Å². The summed E-state index contributed by atoms with van der Waals surface area (Å²) in [6, 6.07) is 16.7. The number of piperazine rings is 1. The van der Waals surface area contributed by atoms with Gasteiger partial charge in [0.05, 0.1) is 30.5 Å². The van der Waals surface area contributed by atoms with Crippen molar-refractivity contribution in [2.45, 2.75) is 25.4 Å². The van der Waals surface area contributed by atoms with Crippen LogP contribution in [-0.4, -0.2) is 78.5 Å². The third-order valence-corrected chi connectivity index (χ3v) is 9.62. The third-order valence-electron chi connectivity index (χ3n) is 9.62. The Balaban J connectivity index is 0.847. The highest BCUT2D eigenvalue weighted by atomic mass is 16.5. The van der Waals surface area contributed by atoms with Crippen molar-refractivity contribution in [1.29, 1.82) is 0 Å². The van der Waals surface area contributed by atoms with Gasteiger partial charge in [-0.2, -0.15) is 0 Å². The number of hydrogen-bond acceptors (Lipinski definition) is 8. The van der Waals surface area contributed by atoms with E-state index in [2.05, 4.69) is 36.8 Å². The van der Waals surface area contributed by atoms with Crippen molar-refractivity contribution in [2.24, 2.45) is 5.41 Å². The molecule has 1 spiro atoms. The minimum atomic E-state index is 0.407. The predicted molar refractivity (Wildman–Crippen MR) is 165 cm³/mol. The molecule has 3 aromatic heterocycles. The summed E-state index contributed by atoms with van der Waals surface area (Å²) in [7, 11) is 1.72. The molecule has 1 N–H and O–H groups in total. The van der Waals surface area contributed by atoms with Crippen molar-refractivity contribution in [3.63, 3.8) is 0 Å². The minimum Gasteiger partial charge on any atom is -0.496 e. The number of nitrogens with zero attached hydrogens (tertiary/aromatic N) is 4. The summed E-state index contributed by atoms with van der Waals surface area (Å²) < 4.78 is 17.4. The SMILES string of the molecule is COc1cc(CN2CCN(C3CC4(C3)CN(c3ccc(C=O)c(Oc5cnc6[nH]ccc6c5)c3)C4)CC2)cc2occc12. The Bertz CT molecular complexity index is 1790. The molecule has 3 aliphatic rings. The van der Waals surface area contributed by atoms with Crippen LogP contribution in [0.15, 0.2) is 71.6 Å². The minimum absolute atomic E-state index is 0.407. The number of fused-ring (bicyclic) bond motifs is 2. The number of carbonyl (C=O) groups excluding carboxylic acids is 1. The number of methoxy groups -OCH3 is 1. The first-order chi connectivity index (χ1) is 21.1. The summed E-state index contributed by atoms with van der Waals surface area (Å²) in [5.41, 5.74) is 4.98. The van der Waals surface area contributed by atoms with Crippen LogP contribution in [0.2, 0.25) is 0 Å². The molecule has 0 unspecified atom stereocenters. The molecule has 9 heteroatoms. The molecule has 2 saturated heterocycles. The Hall–Kier alpha value is -4.34. The van der Waals surface area contributed by atoms with Crippen LogP contribution < -0.4 is 14.4 Å². The number of aldehydes is 1. The van der Waals surface area contributed by atoms with Crippen LogP contribution in [0.5, 0.6) is 17.2 Å². The maximum atomic E-state index is 11.7.